The number of fused-ring (bicyclic) bond motifs is 1. The third-order valence-electron chi connectivity index (χ3n) is 3.54. The summed E-state index contributed by atoms with van der Waals surface area (Å²) in [5, 5.41) is 3.52. The minimum absolute atomic E-state index is 0.149. The van der Waals surface area contributed by atoms with Gasteiger partial charge in [0, 0.05) is 12.6 Å². The molecule has 0 amide bonds. The summed E-state index contributed by atoms with van der Waals surface area (Å²) in [5.41, 5.74) is 3.86. The normalized spacial score (nSPS) is 18.4. The van der Waals surface area contributed by atoms with E-state index in [0.717, 1.165) is 24.9 Å². The van der Waals surface area contributed by atoms with E-state index in [1.165, 1.54) is 17.2 Å². The highest BCUT2D eigenvalue weighted by Gasteiger charge is 2.17. The zero-order valence-electron chi connectivity index (χ0n) is 10.2. The molecule has 0 fully saturated rings. The van der Waals surface area contributed by atoms with Crippen molar-refractivity contribution in [1.29, 1.82) is 0 Å². The SMILES string of the molecule is Fc1cccc(CC2Cc3ccccc3CN2)c1. The van der Waals surface area contributed by atoms with E-state index >= 15 is 0 Å². The van der Waals surface area contributed by atoms with Crippen molar-refractivity contribution in [2.45, 2.75) is 25.4 Å². The number of rotatable bonds is 2. The molecule has 2 aromatic rings. The highest BCUT2D eigenvalue weighted by molar-refractivity contribution is 5.30. The van der Waals surface area contributed by atoms with E-state index < -0.39 is 0 Å². The van der Waals surface area contributed by atoms with Crippen molar-refractivity contribution < 1.29 is 4.39 Å². The molecule has 0 saturated heterocycles. The Morgan fingerprint density at radius 3 is 2.72 bits per heavy atom. The first-order valence-electron chi connectivity index (χ1n) is 6.36. The molecule has 0 saturated carbocycles. The van der Waals surface area contributed by atoms with E-state index in [1.807, 2.05) is 6.07 Å². The van der Waals surface area contributed by atoms with Crippen molar-refractivity contribution in [3.63, 3.8) is 0 Å². The Labute approximate surface area is 107 Å². The fourth-order valence-corrected chi connectivity index (χ4v) is 2.61. The number of hydrogen-bond acceptors (Lipinski definition) is 1. The molecule has 2 aromatic carbocycles. The van der Waals surface area contributed by atoms with E-state index in [-0.39, 0.29) is 5.82 Å². The van der Waals surface area contributed by atoms with Crippen LogP contribution in [0.15, 0.2) is 48.5 Å². The van der Waals surface area contributed by atoms with Crippen molar-refractivity contribution in [2.75, 3.05) is 0 Å². The third kappa shape index (κ3) is 2.44. The standard InChI is InChI=1S/C16H16FN/c17-15-7-3-4-12(8-15)9-16-10-13-5-1-2-6-14(13)11-18-16/h1-8,16,18H,9-11H2. The monoisotopic (exact) mass is 241 g/mol. The van der Waals surface area contributed by atoms with Gasteiger partial charge in [0.2, 0.25) is 0 Å². The minimum atomic E-state index is -0.149. The van der Waals surface area contributed by atoms with Crippen LogP contribution in [0.5, 0.6) is 0 Å². The average Bonchev–Trinajstić information content (AvgIpc) is 2.39. The van der Waals surface area contributed by atoms with Gasteiger partial charge in [-0.25, -0.2) is 4.39 Å². The summed E-state index contributed by atoms with van der Waals surface area (Å²) in [6.07, 6.45) is 1.90. The predicted octanol–water partition coefficient (Wildman–Crippen LogP) is 3.08. The van der Waals surface area contributed by atoms with E-state index in [4.69, 9.17) is 0 Å². The van der Waals surface area contributed by atoms with Crippen molar-refractivity contribution in [3.8, 4) is 0 Å². The van der Waals surface area contributed by atoms with Crippen LogP contribution >= 0.6 is 0 Å². The predicted molar refractivity (Wildman–Crippen MR) is 70.9 cm³/mol. The van der Waals surface area contributed by atoms with Crippen LogP contribution in [0.4, 0.5) is 4.39 Å². The Morgan fingerprint density at radius 1 is 1.06 bits per heavy atom. The maximum atomic E-state index is 13.1. The van der Waals surface area contributed by atoms with Gasteiger partial charge in [0.15, 0.2) is 0 Å². The molecule has 0 radical (unpaired) electrons. The second kappa shape index (κ2) is 4.91. The molecule has 3 rings (SSSR count). The first-order chi connectivity index (χ1) is 8.81. The maximum Gasteiger partial charge on any atom is 0.123 e. The molecule has 0 aliphatic carbocycles. The lowest BCUT2D eigenvalue weighted by atomic mass is 9.92. The van der Waals surface area contributed by atoms with Gasteiger partial charge in [-0.2, -0.15) is 0 Å². The lowest BCUT2D eigenvalue weighted by molar-refractivity contribution is 0.476. The van der Waals surface area contributed by atoms with Crippen LogP contribution in [-0.4, -0.2) is 6.04 Å². The smallest absolute Gasteiger partial charge is 0.123 e. The molecule has 1 heterocycles. The largest absolute Gasteiger partial charge is 0.309 e. The molecule has 1 atom stereocenters. The molecule has 1 unspecified atom stereocenters. The van der Waals surface area contributed by atoms with Gasteiger partial charge in [0.05, 0.1) is 0 Å². The summed E-state index contributed by atoms with van der Waals surface area (Å²) in [4.78, 5) is 0. The molecule has 18 heavy (non-hydrogen) atoms. The second-order valence-corrected chi connectivity index (χ2v) is 4.88. The summed E-state index contributed by atoms with van der Waals surface area (Å²) in [6.45, 7) is 0.913. The van der Waals surface area contributed by atoms with Crippen LogP contribution in [0.25, 0.3) is 0 Å². The molecule has 1 nitrogen and oxygen atoms in total. The van der Waals surface area contributed by atoms with Crippen LogP contribution in [0.2, 0.25) is 0 Å². The molecule has 0 spiro atoms. The van der Waals surface area contributed by atoms with Crippen LogP contribution < -0.4 is 5.32 Å². The first kappa shape index (κ1) is 11.4. The highest BCUT2D eigenvalue weighted by atomic mass is 19.1. The summed E-state index contributed by atoms with van der Waals surface area (Å²) in [7, 11) is 0. The van der Waals surface area contributed by atoms with Gasteiger partial charge in [-0.1, -0.05) is 36.4 Å². The lowest BCUT2D eigenvalue weighted by Gasteiger charge is -2.26. The fourth-order valence-electron chi connectivity index (χ4n) is 2.61. The van der Waals surface area contributed by atoms with Crippen molar-refractivity contribution >= 4 is 0 Å². The van der Waals surface area contributed by atoms with Gasteiger partial charge in [-0.15, -0.1) is 0 Å². The molecular formula is C16H16FN. The third-order valence-corrected chi connectivity index (χ3v) is 3.54. The van der Waals surface area contributed by atoms with Gasteiger partial charge in [-0.05, 0) is 41.7 Å². The topological polar surface area (TPSA) is 12.0 Å². The van der Waals surface area contributed by atoms with Crippen molar-refractivity contribution in [2.24, 2.45) is 0 Å². The number of halogens is 1. The number of benzene rings is 2. The van der Waals surface area contributed by atoms with E-state index in [0.29, 0.717) is 6.04 Å². The molecule has 1 aliphatic rings. The van der Waals surface area contributed by atoms with E-state index in [2.05, 4.69) is 29.6 Å². The average molecular weight is 241 g/mol. The summed E-state index contributed by atoms with van der Waals surface area (Å²) in [6, 6.07) is 15.8. The Balaban J connectivity index is 1.73. The van der Waals surface area contributed by atoms with Gasteiger partial charge in [-0.3, -0.25) is 0 Å². The quantitative estimate of drug-likeness (QED) is 0.852. The van der Waals surface area contributed by atoms with Crippen molar-refractivity contribution in [1.82, 2.24) is 5.32 Å². The Bertz CT molecular complexity index is 550. The molecule has 92 valence electrons. The zero-order valence-corrected chi connectivity index (χ0v) is 10.2. The zero-order chi connectivity index (χ0) is 12.4. The van der Waals surface area contributed by atoms with Gasteiger partial charge < -0.3 is 5.32 Å². The van der Waals surface area contributed by atoms with Gasteiger partial charge in [0.1, 0.15) is 5.82 Å². The molecule has 1 aliphatic heterocycles. The molecular weight excluding hydrogens is 225 g/mol. The maximum absolute atomic E-state index is 13.1. The summed E-state index contributed by atoms with van der Waals surface area (Å²) >= 11 is 0. The van der Waals surface area contributed by atoms with Crippen LogP contribution in [-0.2, 0) is 19.4 Å². The van der Waals surface area contributed by atoms with Crippen LogP contribution in [0.1, 0.15) is 16.7 Å². The second-order valence-electron chi connectivity index (χ2n) is 4.88. The molecule has 0 bridgehead atoms. The van der Waals surface area contributed by atoms with E-state index in [1.54, 1.807) is 12.1 Å². The first-order valence-corrected chi connectivity index (χ1v) is 6.36. The number of nitrogens with one attached hydrogen (secondary N) is 1. The van der Waals surface area contributed by atoms with Crippen molar-refractivity contribution in [3.05, 3.63) is 71.0 Å². The van der Waals surface area contributed by atoms with E-state index in [9.17, 15) is 4.39 Å². The minimum Gasteiger partial charge on any atom is -0.309 e. The number of hydrogen-bond donors (Lipinski definition) is 1. The molecule has 0 aromatic heterocycles. The van der Waals surface area contributed by atoms with Crippen LogP contribution in [0, 0.1) is 5.82 Å². The Kier molecular flexibility index (Phi) is 3.11. The van der Waals surface area contributed by atoms with Gasteiger partial charge in [0.25, 0.3) is 0 Å². The van der Waals surface area contributed by atoms with Crippen LogP contribution in [0.3, 0.4) is 0 Å². The Morgan fingerprint density at radius 2 is 1.89 bits per heavy atom. The fraction of sp³-hybridized carbons (Fsp3) is 0.250. The molecule has 1 N–H and O–H groups in total. The van der Waals surface area contributed by atoms with Gasteiger partial charge >= 0.3 is 0 Å². The summed E-state index contributed by atoms with van der Waals surface area (Å²) in [5.74, 6) is -0.149. The molecule has 2 heteroatoms. The highest BCUT2D eigenvalue weighted by Crippen LogP contribution is 2.18. The lowest BCUT2D eigenvalue weighted by Crippen LogP contribution is -2.37. The Hall–Kier alpha value is -1.67. The summed E-state index contributed by atoms with van der Waals surface area (Å²) < 4.78 is 13.1.